The number of carbonyl (C=O) groups excluding carboxylic acids is 1. The summed E-state index contributed by atoms with van der Waals surface area (Å²) in [5.74, 6) is 0.180. The molecule has 4 heteroatoms. The van der Waals surface area contributed by atoms with E-state index in [1.165, 1.54) is 5.56 Å². The molecule has 4 nitrogen and oxygen atoms in total. The van der Waals surface area contributed by atoms with Crippen LogP contribution < -0.4 is 0 Å². The third-order valence-corrected chi connectivity index (χ3v) is 3.13. The van der Waals surface area contributed by atoms with Crippen LogP contribution in [0.2, 0.25) is 0 Å². The summed E-state index contributed by atoms with van der Waals surface area (Å²) in [6.45, 7) is 7.03. The van der Waals surface area contributed by atoms with Gasteiger partial charge in [-0.25, -0.2) is 0 Å². The molecular formula is C15H18N2O2. The van der Waals surface area contributed by atoms with Crippen LogP contribution >= 0.6 is 0 Å². The quantitative estimate of drug-likeness (QED) is 0.847. The fraction of sp³-hybridized carbons (Fsp3) is 0.333. The highest BCUT2D eigenvalue weighted by atomic mass is 16.5. The monoisotopic (exact) mass is 258 g/mol. The zero-order chi connectivity index (χ0) is 13.8. The minimum Gasteiger partial charge on any atom is -0.351 e. The lowest BCUT2D eigenvalue weighted by Gasteiger charge is -2.20. The van der Waals surface area contributed by atoms with E-state index in [-0.39, 0.29) is 5.91 Å². The van der Waals surface area contributed by atoms with Crippen molar-refractivity contribution in [3.05, 3.63) is 52.9 Å². The number of nitrogens with zero attached hydrogens (tertiary/aromatic N) is 2. The lowest BCUT2D eigenvalue weighted by atomic mass is 10.1. The Labute approximate surface area is 113 Å². The first-order valence-corrected chi connectivity index (χ1v) is 6.39. The van der Waals surface area contributed by atoms with Crippen LogP contribution in [0.3, 0.4) is 0 Å². The second-order valence-corrected chi connectivity index (χ2v) is 4.58. The third kappa shape index (κ3) is 3.02. The zero-order valence-corrected chi connectivity index (χ0v) is 11.5. The lowest BCUT2D eigenvalue weighted by molar-refractivity contribution is 0.0710. The minimum absolute atomic E-state index is 0.119. The Kier molecular flexibility index (Phi) is 4.00. The summed E-state index contributed by atoms with van der Waals surface area (Å²) < 4.78 is 5.04. The number of hydrogen-bond donors (Lipinski definition) is 0. The maximum Gasteiger partial charge on any atom is 0.292 e. The molecule has 100 valence electrons. The van der Waals surface area contributed by atoms with E-state index >= 15 is 0 Å². The highest BCUT2D eigenvalue weighted by Crippen LogP contribution is 2.13. The summed E-state index contributed by atoms with van der Waals surface area (Å²) in [4.78, 5) is 14.0. The van der Waals surface area contributed by atoms with Gasteiger partial charge in [0, 0.05) is 19.2 Å². The molecule has 19 heavy (non-hydrogen) atoms. The first-order valence-electron chi connectivity index (χ1n) is 6.39. The van der Waals surface area contributed by atoms with Gasteiger partial charge in [0.2, 0.25) is 5.76 Å². The van der Waals surface area contributed by atoms with Crippen molar-refractivity contribution in [1.82, 2.24) is 10.1 Å². The summed E-state index contributed by atoms with van der Waals surface area (Å²) >= 11 is 0. The van der Waals surface area contributed by atoms with Crippen LogP contribution in [0.5, 0.6) is 0 Å². The van der Waals surface area contributed by atoms with Crippen molar-refractivity contribution in [2.45, 2.75) is 27.3 Å². The van der Waals surface area contributed by atoms with Crippen LogP contribution in [0, 0.1) is 13.8 Å². The largest absolute Gasteiger partial charge is 0.351 e. The number of hydrogen-bond acceptors (Lipinski definition) is 3. The summed E-state index contributed by atoms with van der Waals surface area (Å²) in [5, 5.41) is 3.76. The van der Waals surface area contributed by atoms with Gasteiger partial charge >= 0.3 is 0 Å². The first kappa shape index (κ1) is 13.3. The second kappa shape index (κ2) is 5.69. The van der Waals surface area contributed by atoms with Crippen molar-refractivity contribution >= 4 is 5.91 Å². The van der Waals surface area contributed by atoms with Crippen molar-refractivity contribution in [1.29, 1.82) is 0 Å². The number of rotatable bonds is 4. The van der Waals surface area contributed by atoms with Crippen LogP contribution in [0.1, 0.15) is 34.3 Å². The van der Waals surface area contributed by atoms with Crippen LogP contribution in [-0.4, -0.2) is 22.5 Å². The first-order chi connectivity index (χ1) is 9.11. The fourth-order valence-electron chi connectivity index (χ4n) is 1.94. The number of carbonyl (C=O) groups is 1. The lowest BCUT2D eigenvalue weighted by Crippen LogP contribution is -2.30. The molecule has 0 N–H and O–H groups in total. The molecule has 2 rings (SSSR count). The molecule has 0 fully saturated rings. The summed E-state index contributed by atoms with van der Waals surface area (Å²) in [6.07, 6.45) is 0. The number of benzene rings is 1. The van der Waals surface area contributed by atoms with E-state index in [1.807, 2.05) is 38.1 Å². The van der Waals surface area contributed by atoms with E-state index < -0.39 is 0 Å². The molecule has 1 heterocycles. The Morgan fingerprint density at radius 1 is 1.32 bits per heavy atom. The fourth-order valence-corrected chi connectivity index (χ4v) is 1.94. The highest BCUT2D eigenvalue weighted by Gasteiger charge is 2.19. The van der Waals surface area contributed by atoms with Crippen LogP contribution in [0.4, 0.5) is 0 Å². The smallest absolute Gasteiger partial charge is 0.292 e. The van der Waals surface area contributed by atoms with E-state index in [0.717, 1.165) is 11.3 Å². The van der Waals surface area contributed by atoms with Gasteiger partial charge in [-0.2, -0.15) is 0 Å². The topological polar surface area (TPSA) is 46.3 Å². The zero-order valence-electron chi connectivity index (χ0n) is 11.5. The van der Waals surface area contributed by atoms with Crippen molar-refractivity contribution < 1.29 is 9.32 Å². The van der Waals surface area contributed by atoms with Crippen LogP contribution in [-0.2, 0) is 6.54 Å². The van der Waals surface area contributed by atoms with E-state index in [9.17, 15) is 4.79 Å². The van der Waals surface area contributed by atoms with Gasteiger partial charge < -0.3 is 9.42 Å². The second-order valence-electron chi connectivity index (χ2n) is 4.58. The van der Waals surface area contributed by atoms with Crippen molar-refractivity contribution in [2.24, 2.45) is 0 Å². The van der Waals surface area contributed by atoms with Gasteiger partial charge in [-0.15, -0.1) is 0 Å². The molecule has 0 bridgehead atoms. The predicted molar refractivity (Wildman–Crippen MR) is 72.8 cm³/mol. The molecule has 1 aromatic carbocycles. The molecule has 0 radical (unpaired) electrons. The minimum atomic E-state index is -0.119. The van der Waals surface area contributed by atoms with Gasteiger partial charge in [-0.3, -0.25) is 4.79 Å². The SMILES string of the molecule is CCN(Cc1ccccc1C)C(=O)c1cc(C)no1. The Balaban J connectivity index is 2.17. The molecular weight excluding hydrogens is 240 g/mol. The summed E-state index contributed by atoms with van der Waals surface area (Å²) in [6, 6.07) is 9.74. The average Bonchev–Trinajstić information content (AvgIpc) is 2.84. The number of amides is 1. The van der Waals surface area contributed by atoms with Crippen LogP contribution in [0.15, 0.2) is 34.9 Å². The Morgan fingerprint density at radius 2 is 2.05 bits per heavy atom. The Morgan fingerprint density at radius 3 is 2.63 bits per heavy atom. The molecule has 0 saturated carbocycles. The molecule has 0 saturated heterocycles. The van der Waals surface area contributed by atoms with Crippen molar-refractivity contribution in [3.8, 4) is 0 Å². The molecule has 0 aliphatic heterocycles. The van der Waals surface area contributed by atoms with E-state index in [1.54, 1.807) is 17.9 Å². The Bertz CT molecular complexity index is 575. The molecule has 0 atom stereocenters. The standard InChI is InChI=1S/C15H18N2O2/c1-4-17(10-13-8-6-5-7-11(13)2)15(18)14-9-12(3)16-19-14/h5-9H,4,10H2,1-3H3. The van der Waals surface area contributed by atoms with Crippen LogP contribution in [0.25, 0.3) is 0 Å². The average molecular weight is 258 g/mol. The van der Waals surface area contributed by atoms with Gasteiger partial charge in [0.1, 0.15) is 0 Å². The highest BCUT2D eigenvalue weighted by molar-refractivity contribution is 5.91. The normalized spacial score (nSPS) is 10.5. The van der Waals surface area contributed by atoms with Gasteiger partial charge in [0.15, 0.2) is 0 Å². The number of aryl methyl sites for hydroxylation is 2. The van der Waals surface area contributed by atoms with Crippen molar-refractivity contribution in [3.63, 3.8) is 0 Å². The third-order valence-electron chi connectivity index (χ3n) is 3.13. The molecule has 0 spiro atoms. The molecule has 1 aromatic heterocycles. The maximum absolute atomic E-state index is 12.3. The van der Waals surface area contributed by atoms with E-state index in [4.69, 9.17) is 4.52 Å². The molecule has 0 aliphatic rings. The van der Waals surface area contributed by atoms with Crippen molar-refractivity contribution in [2.75, 3.05) is 6.54 Å². The molecule has 0 unspecified atom stereocenters. The van der Waals surface area contributed by atoms with E-state index in [2.05, 4.69) is 5.16 Å². The van der Waals surface area contributed by atoms with Gasteiger partial charge in [-0.05, 0) is 31.9 Å². The molecule has 0 aliphatic carbocycles. The molecule has 1 amide bonds. The van der Waals surface area contributed by atoms with Gasteiger partial charge in [-0.1, -0.05) is 29.4 Å². The van der Waals surface area contributed by atoms with Gasteiger partial charge in [0.25, 0.3) is 5.91 Å². The van der Waals surface area contributed by atoms with E-state index in [0.29, 0.717) is 18.8 Å². The van der Waals surface area contributed by atoms with Gasteiger partial charge in [0.05, 0.1) is 5.69 Å². The Hall–Kier alpha value is -2.10. The maximum atomic E-state index is 12.3. The summed E-state index contributed by atoms with van der Waals surface area (Å²) in [5.41, 5.74) is 3.05. The number of aromatic nitrogens is 1. The summed E-state index contributed by atoms with van der Waals surface area (Å²) in [7, 11) is 0. The molecule has 2 aromatic rings. The predicted octanol–water partition coefficient (Wildman–Crippen LogP) is 2.95.